The summed E-state index contributed by atoms with van der Waals surface area (Å²) in [5.41, 5.74) is 0.866. The summed E-state index contributed by atoms with van der Waals surface area (Å²) >= 11 is 6.59. The largest absolute Gasteiger partial charge is 0.491 e. The zero-order chi connectivity index (χ0) is 30.1. The van der Waals surface area contributed by atoms with Gasteiger partial charge in [0.15, 0.2) is 5.78 Å². The minimum absolute atomic E-state index is 0.368. The maximum Gasteiger partial charge on any atom is 0.195 e. The van der Waals surface area contributed by atoms with Gasteiger partial charge in [0.05, 0.1) is 79.3 Å². The summed E-state index contributed by atoms with van der Waals surface area (Å²) in [6.45, 7) is 7.05. The van der Waals surface area contributed by atoms with E-state index in [1.54, 1.807) is 48.5 Å². The van der Waals surface area contributed by atoms with Gasteiger partial charge in [0.25, 0.3) is 0 Å². The van der Waals surface area contributed by atoms with E-state index in [4.69, 9.17) is 37.9 Å². The molecule has 0 amide bonds. The van der Waals surface area contributed by atoms with Crippen LogP contribution in [0, 0.1) is 0 Å². The van der Waals surface area contributed by atoms with Crippen molar-refractivity contribution in [2.24, 2.45) is 0 Å². The summed E-state index contributed by atoms with van der Waals surface area (Å²) in [4.78, 5) is 12.8. The number of Topliss-reactive ketones (excluding diaryl/α,β-unsaturated/α-hetero) is 1. The van der Waals surface area contributed by atoms with Gasteiger partial charge in [-0.15, -0.1) is 0 Å². The highest BCUT2D eigenvalue weighted by Gasteiger charge is 2.19. The third-order valence-corrected chi connectivity index (χ3v) is 6.15. The van der Waals surface area contributed by atoms with Crippen LogP contribution in [0.1, 0.15) is 22.0 Å². The number of benzene rings is 2. The Morgan fingerprint density at radius 2 is 0.857 bits per heavy atom. The van der Waals surface area contributed by atoms with Crippen molar-refractivity contribution in [2.75, 3.05) is 103 Å². The number of rotatable bonds is 27. The monoisotopic (exact) mass is 720 g/mol. The molecular formula is C30H42Br2O10. The Morgan fingerprint density at radius 1 is 0.524 bits per heavy atom. The maximum atomic E-state index is 12.8. The van der Waals surface area contributed by atoms with Crippen LogP contribution in [0.15, 0.2) is 48.5 Å². The Kier molecular flexibility index (Phi) is 21.6. The molecule has 1 unspecified atom stereocenters. The highest BCUT2D eigenvalue weighted by Crippen LogP contribution is 2.23. The predicted molar refractivity (Wildman–Crippen MR) is 166 cm³/mol. The number of hydrogen-bond acceptors (Lipinski definition) is 10. The fourth-order valence-corrected chi connectivity index (χ4v) is 3.86. The molecule has 0 bridgehead atoms. The Hall–Kier alpha value is -1.61. The molecule has 0 saturated heterocycles. The second-order valence-electron chi connectivity index (χ2n) is 8.61. The Bertz CT molecular complexity index is 931. The molecule has 0 heterocycles. The molecule has 10 nitrogen and oxygen atoms in total. The molecule has 0 fully saturated rings. The summed E-state index contributed by atoms with van der Waals surface area (Å²) in [5, 5.41) is 12.2. The van der Waals surface area contributed by atoms with E-state index in [0.717, 1.165) is 10.7 Å². The van der Waals surface area contributed by atoms with Gasteiger partial charge >= 0.3 is 0 Å². The van der Waals surface area contributed by atoms with Crippen LogP contribution in [-0.4, -0.2) is 114 Å². The normalized spacial score (nSPS) is 11.9. The molecule has 0 saturated carbocycles. The van der Waals surface area contributed by atoms with Gasteiger partial charge in [-0.2, -0.15) is 0 Å². The molecule has 0 aliphatic carbocycles. The first kappa shape index (κ1) is 36.6. The number of ether oxygens (including phenoxy) is 8. The van der Waals surface area contributed by atoms with Crippen LogP contribution >= 0.6 is 31.9 Å². The zero-order valence-corrected chi connectivity index (χ0v) is 27.1. The van der Waals surface area contributed by atoms with Gasteiger partial charge in [-0.1, -0.05) is 44.0 Å². The third kappa shape index (κ3) is 16.9. The van der Waals surface area contributed by atoms with Crippen LogP contribution in [-0.2, 0) is 28.4 Å². The van der Waals surface area contributed by atoms with Crippen LogP contribution in [0.5, 0.6) is 11.5 Å². The zero-order valence-electron chi connectivity index (χ0n) is 23.9. The fraction of sp³-hybridized carbons (Fsp3) is 0.567. The standard InChI is InChI=1S/C30H42Br2O10/c31-9-11-35-13-15-37-17-19-39-21-23-41-27-5-1-25(2-6-27)29(33)30(34)26-3-7-28(8-4-26)42-24-22-40-20-18-38-16-14-36-12-10-32/h1-8,29,33H,9-24H2. The molecule has 236 valence electrons. The van der Waals surface area contributed by atoms with Crippen molar-refractivity contribution < 1.29 is 47.8 Å². The quantitative estimate of drug-likeness (QED) is 0.0817. The van der Waals surface area contributed by atoms with Crippen LogP contribution in [0.4, 0.5) is 0 Å². The Labute approximate surface area is 265 Å². The molecule has 0 aromatic heterocycles. The summed E-state index contributed by atoms with van der Waals surface area (Å²) in [7, 11) is 0. The van der Waals surface area contributed by atoms with E-state index < -0.39 is 11.9 Å². The molecule has 0 spiro atoms. The lowest BCUT2D eigenvalue weighted by molar-refractivity contribution is 0.0118. The van der Waals surface area contributed by atoms with Crippen molar-refractivity contribution in [1.29, 1.82) is 0 Å². The lowest BCUT2D eigenvalue weighted by Gasteiger charge is -2.12. The van der Waals surface area contributed by atoms with Crippen LogP contribution in [0.25, 0.3) is 0 Å². The number of hydrogen-bond donors (Lipinski definition) is 1. The first-order valence-electron chi connectivity index (χ1n) is 13.9. The SMILES string of the molecule is O=C(c1ccc(OCCOCCOCCOCCBr)cc1)C(O)c1ccc(OCCOCCOCCOCCBr)cc1. The minimum Gasteiger partial charge on any atom is -0.491 e. The van der Waals surface area contributed by atoms with Crippen LogP contribution in [0.2, 0.25) is 0 Å². The number of carbonyl (C=O) groups is 1. The molecule has 2 rings (SSSR count). The van der Waals surface area contributed by atoms with Gasteiger partial charge in [0, 0.05) is 16.2 Å². The molecule has 0 radical (unpaired) electrons. The molecule has 1 N–H and O–H groups in total. The van der Waals surface area contributed by atoms with Crippen molar-refractivity contribution in [3.05, 3.63) is 59.7 Å². The minimum atomic E-state index is -1.29. The van der Waals surface area contributed by atoms with Crippen LogP contribution in [0.3, 0.4) is 0 Å². The fourth-order valence-electron chi connectivity index (χ4n) is 3.40. The molecule has 2 aromatic rings. The number of aliphatic hydroxyl groups is 1. The third-order valence-electron chi connectivity index (χ3n) is 5.51. The van der Waals surface area contributed by atoms with Crippen LogP contribution < -0.4 is 9.47 Å². The lowest BCUT2D eigenvalue weighted by Crippen LogP contribution is -2.14. The van der Waals surface area contributed by atoms with E-state index in [-0.39, 0.29) is 0 Å². The highest BCUT2D eigenvalue weighted by atomic mass is 79.9. The number of alkyl halides is 2. The Balaban J connectivity index is 1.57. The lowest BCUT2D eigenvalue weighted by atomic mass is 10.00. The average Bonchev–Trinajstić information content (AvgIpc) is 3.02. The van der Waals surface area contributed by atoms with E-state index in [0.29, 0.717) is 115 Å². The van der Waals surface area contributed by atoms with Gasteiger partial charge in [-0.25, -0.2) is 0 Å². The molecule has 0 aliphatic heterocycles. The van der Waals surface area contributed by atoms with E-state index in [9.17, 15) is 9.90 Å². The second kappa shape index (κ2) is 24.8. The number of carbonyl (C=O) groups excluding carboxylic acids is 1. The first-order valence-corrected chi connectivity index (χ1v) is 16.2. The molecule has 12 heteroatoms. The molecule has 42 heavy (non-hydrogen) atoms. The van der Waals surface area contributed by atoms with Gasteiger partial charge < -0.3 is 43.0 Å². The van der Waals surface area contributed by atoms with Crippen molar-refractivity contribution in [3.63, 3.8) is 0 Å². The smallest absolute Gasteiger partial charge is 0.195 e. The maximum absolute atomic E-state index is 12.8. The van der Waals surface area contributed by atoms with Gasteiger partial charge in [0.2, 0.25) is 0 Å². The number of halogens is 2. The number of aliphatic hydroxyl groups excluding tert-OH is 1. The van der Waals surface area contributed by atoms with Gasteiger partial charge in [0.1, 0.15) is 30.8 Å². The van der Waals surface area contributed by atoms with E-state index in [2.05, 4.69) is 31.9 Å². The predicted octanol–water partition coefficient (Wildman–Crippen LogP) is 4.25. The summed E-state index contributed by atoms with van der Waals surface area (Å²) in [6.07, 6.45) is -1.29. The van der Waals surface area contributed by atoms with E-state index in [1.165, 1.54) is 0 Å². The van der Waals surface area contributed by atoms with Crippen molar-refractivity contribution in [2.45, 2.75) is 6.10 Å². The highest BCUT2D eigenvalue weighted by molar-refractivity contribution is 9.09. The second-order valence-corrected chi connectivity index (χ2v) is 10.2. The molecule has 0 aliphatic rings. The van der Waals surface area contributed by atoms with Gasteiger partial charge in [-0.3, -0.25) is 4.79 Å². The topological polar surface area (TPSA) is 111 Å². The first-order chi connectivity index (χ1) is 20.7. The average molecular weight is 722 g/mol. The van der Waals surface area contributed by atoms with E-state index in [1.807, 2.05) is 0 Å². The Morgan fingerprint density at radius 3 is 1.24 bits per heavy atom. The molecule has 1 atom stereocenters. The molecular weight excluding hydrogens is 680 g/mol. The van der Waals surface area contributed by atoms with Crippen molar-refractivity contribution in [1.82, 2.24) is 0 Å². The van der Waals surface area contributed by atoms with Gasteiger partial charge in [-0.05, 0) is 42.0 Å². The van der Waals surface area contributed by atoms with Crippen molar-refractivity contribution >= 4 is 37.6 Å². The summed E-state index contributed by atoms with van der Waals surface area (Å²) in [6, 6.07) is 13.4. The summed E-state index contributed by atoms with van der Waals surface area (Å²) < 4.78 is 43.7. The summed E-state index contributed by atoms with van der Waals surface area (Å²) in [5.74, 6) is 0.829. The molecule has 2 aromatic carbocycles. The van der Waals surface area contributed by atoms with Crippen molar-refractivity contribution in [3.8, 4) is 11.5 Å². The number of ketones is 1. The van der Waals surface area contributed by atoms with E-state index >= 15 is 0 Å².